The number of halogens is 1. The largest absolute Gasteiger partial charge is 0.414 e. The van der Waals surface area contributed by atoms with Gasteiger partial charge in [0.05, 0.1) is 0 Å². The van der Waals surface area contributed by atoms with Gasteiger partial charge in [0.2, 0.25) is 0 Å². The first-order valence-electron chi connectivity index (χ1n) is 2.30. The number of thiol groups is 1. The van der Waals surface area contributed by atoms with E-state index in [1.54, 1.807) is 10.8 Å². The van der Waals surface area contributed by atoms with Crippen LogP contribution in [0.15, 0.2) is 23.0 Å². The van der Waals surface area contributed by atoms with Crippen molar-refractivity contribution in [2.45, 2.75) is 0 Å². The van der Waals surface area contributed by atoms with Gasteiger partial charge in [-0.15, -0.1) is 0 Å². The predicted molar refractivity (Wildman–Crippen MR) is 39.6 cm³/mol. The fraction of sp³-hybridized carbons (Fsp3) is 0. The molecule has 0 saturated carbocycles. The molecule has 0 saturated heterocycles. The van der Waals surface area contributed by atoms with Gasteiger partial charge >= 0.3 is 5.43 Å². The summed E-state index contributed by atoms with van der Waals surface area (Å²) in [7, 11) is 0. The first-order chi connectivity index (χ1) is 4.29. The first kappa shape index (κ1) is 6.71. The van der Waals surface area contributed by atoms with Crippen LogP contribution in [0, 0.1) is 0 Å². The molecule has 50 valence electrons. The van der Waals surface area contributed by atoms with E-state index in [1.807, 2.05) is 12.2 Å². The third kappa shape index (κ3) is 2.11. The van der Waals surface area contributed by atoms with Gasteiger partial charge in [0.1, 0.15) is 0 Å². The van der Waals surface area contributed by atoms with Crippen molar-refractivity contribution in [2.24, 2.45) is 0 Å². The van der Waals surface area contributed by atoms with Crippen LogP contribution in [0.1, 0.15) is 0 Å². The maximum atomic E-state index is 10.1. The Hall–Kier alpha value is -0.410. The minimum atomic E-state index is -0.827. The molecule has 0 amide bonds. The molecule has 0 N–H and O–H groups in total. The van der Waals surface area contributed by atoms with E-state index < -0.39 is 16.6 Å². The molecule has 1 aliphatic heterocycles. The van der Waals surface area contributed by atoms with Crippen LogP contribution in [0.2, 0.25) is 0 Å². The van der Waals surface area contributed by atoms with Gasteiger partial charge in [-0.05, 0) is 10.8 Å². The van der Waals surface area contributed by atoms with E-state index in [-0.39, 0.29) is 0 Å². The van der Waals surface area contributed by atoms with Gasteiger partial charge in [-0.1, -0.05) is 23.3 Å². The highest BCUT2D eigenvalue weighted by Crippen LogP contribution is 2.34. The van der Waals surface area contributed by atoms with Gasteiger partial charge in [-0.2, -0.15) is 0 Å². The molecule has 0 radical (unpaired) electrons. The lowest BCUT2D eigenvalue weighted by Gasteiger charge is -2.05. The number of carbonyl (C=O) groups excluding carboxylic acids is 1. The number of rotatable bonds is 1. The second-order valence-corrected chi connectivity index (χ2v) is 3.18. The highest BCUT2D eigenvalue weighted by molar-refractivity contribution is 8.18. The Morgan fingerprint density at radius 1 is 1.44 bits per heavy atom. The number of carbonyl (C=O) groups is 1. The summed E-state index contributed by atoms with van der Waals surface area (Å²) < 4.78 is 4.63. The van der Waals surface area contributed by atoms with E-state index in [0.717, 1.165) is 0 Å². The van der Waals surface area contributed by atoms with Gasteiger partial charge in [0.15, 0.2) is 0 Å². The van der Waals surface area contributed by atoms with E-state index in [4.69, 9.17) is 11.6 Å². The minimum Gasteiger partial charge on any atom is -0.398 e. The first-order valence-corrected chi connectivity index (χ1v) is 4.07. The SMILES string of the molecule is O=C(Cl)O[SH]1C=CC=C1. The lowest BCUT2D eigenvalue weighted by atomic mass is 10.6. The van der Waals surface area contributed by atoms with Crippen molar-refractivity contribution >= 4 is 28.2 Å². The molecule has 0 aromatic carbocycles. The molecule has 0 aromatic rings. The summed E-state index contributed by atoms with van der Waals surface area (Å²) in [5.74, 6) is 0. The van der Waals surface area contributed by atoms with E-state index in [1.165, 1.54) is 0 Å². The van der Waals surface area contributed by atoms with Crippen LogP contribution in [-0.2, 0) is 4.18 Å². The number of allylic oxidation sites excluding steroid dienone is 2. The fourth-order valence-corrected chi connectivity index (χ4v) is 1.63. The molecular weight excluding hydrogens is 160 g/mol. The summed E-state index contributed by atoms with van der Waals surface area (Å²) in [5.41, 5.74) is -0.739. The van der Waals surface area contributed by atoms with Crippen LogP contribution in [0.3, 0.4) is 0 Å². The minimum absolute atomic E-state index is 0.739. The van der Waals surface area contributed by atoms with Crippen molar-refractivity contribution in [3.63, 3.8) is 0 Å². The number of hydrogen-bond acceptors (Lipinski definition) is 2. The van der Waals surface area contributed by atoms with Crippen LogP contribution in [0.4, 0.5) is 4.79 Å². The highest BCUT2D eigenvalue weighted by Gasteiger charge is 2.02. The lowest BCUT2D eigenvalue weighted by molar-refractivity contribution is 0.232. The smallest absolute Gasteiger partial charge is 0.398 e. The highest BCUT2D eigenvalue weighted by atomic mass is 35.5. The zero-order chi connectivity index (χ0) is 6.69. The van der Waals surface area contributed by atoms with Crippen molar-refractivity contribution < 1.29 is 8.98 Å². The summed E-state index contributed by atoms with van der Waals surface area (Å²) in [6.45, 7) is 0. The monoisotopic (exact) mass is 164 g/mol. The van der Waals surface area contributed by atoms with Crippen LogP contribution >= 0.6 is 22.8 Å². The Labute approximate surface area is 60.7 Å². The second kappa shape index (κ2) is 2.94. The molecule has 9 heavy (non-hydrogen) atoms. The van der Waals surface area contributed by atoms with Crippen molar-refractivity contribution in [2.75, 3.05) is 0 Å². The molecule has 4 heteroatoms. The summed E-state index contributed by atoms with van der Waals surface area (Å²) in [5, 5.41) is 3.60. The molecular formula is C5H5ClO2S. The molecule has 0 atom stereocenters. The number of hydrogen-bond donors (Lipinski definition) is 1. The average molecular weight is 165 g/mol. The summed E-state index contributed by atoms with van der Waals surface area (Å²) in [4.78, 5) is 10.1. The van der Waals surface area contributed by atoms with Crippen molar-refractivity contribution in [1.82, 2.24) is 0 Å². The van der Waals surface area contributed by atoms with Gasteiger partial charge in [-0.3, -0.25) is 0 Å². The normalized spacial score (nSPS) is 18.6. The van der Waals surface area contributed by atoms with Crippen LogP contribution in [-0.4, -0.2) is 5.43 Å². The quantitative estimate of drug-likeness (QED) is 0.476. The van der Waals surface area contributed by atoms with Gasteiger partial charge < -0.3 is 4.18 Å². The summed E-state index contributed by atoms with van der Waals surface area (Å²) >= 11 is 4.12. The van der Waals surface area contributed by atoms with Crippen molar-refractivity contribution in [3.8, 4) is 0 Å². The Morgan fingerprint density at radius 3 is 2.44 bits per heavy atom. The molecule has 0 spiro atoms. The molecule has 0 unspecified atom stereocenters. The summed E-state index contributed by atoms with van der Waals surface area (Å²) in [6, 6.07) is 0. The second-order valence-electron chi connectivity index (χ2n) is 1.37. The van der Waals surface area contributed by atoms with Gasteiger partial charge in [0, 0.05) is 11.6 Å². The van der Waals surface area contributed by atoms with Crippen LogP contribution in [0.25, 0.3) is 0 Å². The Balaban J connectivity index is 2.37. The average Bonchev–Trinajstić information content (AvgIpc) is 2.15. The molecule has 2 nitrogen and oxygen atoms in total. The molecule has 0 bridgehead atoms. The van der Waals surface area contributed by atoms with Crippen molar-refractivity contribution in [1.29, 1.82) is 0 Å². The molecule has 0 fully saturated rings. The molecule has 1 rings (SSSR count). The van der Waals surface area contributed by atoms with E-state index >= 15 is 0 Å². The lowest BCUT2D eigenvalue weighted by Crippen LogP contribution is -1.84. The van der Waals surface area contributed by atoms with Crippen LogP contribution in [0.5, 0.6) is 0 Å². The Kier molecular flexibility index (Phi) is 2.19. The molecule has 0 aromatic heterocycles. The summed E-state index contributed by atoms with van der Waals surface area (Å²) in [6.07, 6.45) is 3.65. The Bertz CT molecular complexity index is 164. The van der Waals surface area contributed by atoms with Gasteiger partial charge in [0.25, 0.3) is 0 Å². The van der Waals surface area contributed by atoms with Gasteiger partial charge in [-0.25, -0.2) is 4.79 Å². The molecule has 1 heterocycles. The zero-order valence-electron chi connectivity index (χ0n) is 4.45. The molecule has 0 aliphatic carbocycles. The predicted octanol–water partition coefficient (Wildman–Crippen LogP) is 2.32. The van der Waals surface area contributed by atoms with E-state index in [2.05, 4.69) is 4.18 Å². The standard InChI is InChI=1S/C5H5ClO2S/c6-5(7)8-9-3-1-2-4-9/h1-4,9H. The maximum Gasteiger partial charge on any atom is 0.414 e. The Morgan fingerprint density at radius 2 is 2.00 bits per heavy atom. The van der Waals surface area contributed by atoms with Crippen LogP contribution < -0.4 is 0 Å². The van der Waals surface area contributed by atoms with E-state index in [0.29, 0.717) is 0 Å². The molecule has 1 aliphatic rings. The maximum absolute atomic E-state index is 10.1. The van der Waals surface area contributed by atoms with Crippen molar-refractivity contribution in [3.05, 3.63) is 23.0 Å². The van der Waals surface area contributed by atoms with E-state index in [9.17, 15) is 4.79 Å². The fourth-order valence-electron chi connectivity index (χ4n) is 0.462. The third-order valence-corrected chi connectivity index (χ3v) is 2.25. The third-order valence-electron chi connectivity index (χ3n) is 0.754. The zero-order valence-corrected chi connectivity index (χ0v) is 6.10. The topological polar surface area (TPSA) is 26.3 Å².